The first-order valence-corrected chi connectivity index (χ1v) is 10.7. The molecule has 6 heteroatoms. The maximum atomic E-state index is 12.6. The molecular formula is C22H31N3O3. The van der Waals surface area contributed by atoms with Gasteiger partial charge in [0, 0.05) is 38.1 Å². The minimum Gasteiger partial charge on any atom is -0.508 e. The average Bonchev–Trinajstić information content (AvgIpc) is 3.58. The zero-order valence-electron chi connectivity index (χ0n) is 16.5. The fraction of sp³-hybridized carbons (Fsp3) is 0.636. The Labute approximate surface area is 166 Å². The topological polar surface area (TPSA) is 72.9 Å². The van der Waals surface area contributed by atoms with Crippen molar-refractivity contribution in [2.45, 2.75) is 51.1 Å². The van der Waals surface area contributed by atoms with E-state index in [2.05, 4.69) is 15.1 Å². The summed E-state index contributed by atoms with van der Waals surface area (Å²) in [7, 11) is 0. The Hall–Kier alpha value is -2.08. The Bertz CT molecular complexity index is 693. The van der Waals surface area contributed by atoms with Crippen LogP contribution < -0.4 is 5.32 Å². The number of hydrogen-bond acceptors (Lipinski definition) is 4. The van der Waals surface area contributed by atoms with Crippen LogP contribution in [0, 0.1) is 11.8 Å². The van der Waals surface area contributed by atoms with Crippen LogP contribution in [0.15, 0.2) is 24.3 Å². The van der Waals surface area contributed by atoms with Crippen LogP contribution in [0.1, 0.15) is 44.1 Å². The number of likely N-dealkylation sites (tertiary alicyclic amines) is 2. The molecular weight excluding hydrogens is 354 g/mol. The highest BCUT2D eigenvalue weighted by atomic mass is 16.3. The van der Waals surface area contributed by atoms with Gasteiger partial charge in [0.2, 0.25) is 11.8 Å². The molecule has 2 amide bonds. The predicted octanol–water partition coefficient (Wildman–Crippen LogP) is 2.12. The molecule has 0 radical (unpaired) electrons. The number of benzene rings is 1. The van der Waals surface area contributed by atoms with Gasteiger partial charge in [-0.25, -0.2) is 0 Å². The molecule has 0 aromatic heterocycles. The molecule has 1 aromatic carbocycles. The SMILES string of the molecule is O=C(NCc1ccc(O)cc1)[C@H]1CCCN(C2CCN(C(=O)C3CC3)CC2)C1. The molecule has 152 valence electrons. The van der Waals surface area contributed by atoms with E-state index < -0.39 is 0 Å². The molecule has 2 N–H and O–H groups in total. The van der Waals surface area contributed by atoms with Crippen molar-refractivity contribution in [3.8, 4) is 5.75 Å². The van der Waals surface area contributed by atoms with E-state index in [1.54, 1.807) is 12.1 Å². The van der Waals surface area contributed by atoms with Gasteiger partial charge >= 0.3 is 0 Å². The van der Waals surface area contributed by atoms with E-state index in [-0.39, 0.29) is 17.6 Å². The maximum absolute atomic E-state index is 12.6. The predicted molar refractivity (Wildman–Crippen MR) is 107 cm³/mol. The smallest absolute Gasteiger partial charge is 0.225 e. The minimum atomic E-state index is 0.0389. The van der Waals surface area contributed by atoms with Crippen molar-refractivity contribution in [3.63, 3.8) is 0 Å². The fourth-order valence-electron chi connectivity index (χ4n) is 4.54. The lowest BCUT2D eigenvalue weighted by Gasteiger charge is -2.42. The summed E-state index contributed by atoms with van der Waals surface area (Å²) in [5.41, 5.74) is 0.992. The standard InChI is InChI=1S/C22H31N3O3/c26-20-7-3-16(4-8-20)14-23-21(27)18-2-1-11-25(15-18)19-9-12-24(13-10-19)22(28)17-5-6-17/h3-4,7-8,17-19,26H,1-2,5-6,9-15H2,(H,23,27)/t18-/m0/s1. The van der Waals surface area contributed by atoms with Crippen molar-refractivity contribution in [1.82, 2.24) is 15.1 Å². The lowest BCUT2D eigenvalue weighted by molar-refractivity contribution is -0.134. The Morgan fingerprint density at radius 3 is 2.36 bits per heavy atom. The summed E-state index contributed by atoms with van der Waals surface area (Å²) in [5.74, 6) is 1.08. The van der Waals surface area contributed by atoms with Gasteiger partial charge < -0.3 is 15.3 Å². The quantitative estimate of drug-likeness (QED) is 0.814. The van der Waals surface area contributed by atoms with Gasteiger partial charge in [-0.3, -0.25) is 14.5 Å². The van der Waals surface area contributed by atoms with E-state index in [4.69, 9.17) is 0 Å². The lowest BCUT2D eigenvalue weighted by atomic mass is 9.93. The van der Waals surface area contributed by atoms with Crippen molar-refractivity contribution in [1.29, 1.82) is 0 Å². The highest BCUT2D eigenvalue weighted by Gasteiger charge is 2.37. The molecule has 1 aromatic rings. The molecule has 2 heterocycles. The van der Waals surface area contributed by atoms with E-state index in [0.29, 0.717) is 24.4 Å². The fourth-order valence-corrected chi connectivity index (χ4v) is 4.54. The monoisotopic (exact) mass is 385 g/mol. The number of phenolic OH excluding ortho intramolecular Hbond substituents is 1. The third kappa shape index (κ3) is 4.66. The minimum absolute atomic E-state index is 0.0389. The number of phenols is 1. The second-order valence-electron chi connectivity index (χ2n) is 8.55. The molecule has 1 aliphatic carbocycles. The highest BCUT2D eigenvalue weighted by Crippen LogP contribution is 2.32. The first-order valence-electron chi connectivity index (χ1n) is 10.7. The summed E-state index contributed by atoms with van der Waals surface area (Å²) < 4.78 is 0. The van der Waals surface area contributed by atoms with Crippen LogP contribution in [0.5, 0.6) is 5.75 Å². The largest absolute Gasteiger partial charge is 0.508 e. The zero-order valence-corrected chi connectivity index (χ0v) is 16.5. The Morgan fingerprint density at radius 1 is 0.964 bits per heavy atom. The van der Waals surface area contributed by atoms with Gasteiger partial charge in [0.1, 0.15) is 5.75 Å². The number of nitrogens with one attached hydrogen (secondary N) is 1. The van der Waals surface area contributed by atoms with E-state index >= 15 is 0 Å². The summed E-state index contributed by atoms with van der Waals surface area (Å²) in [6.45, 7) is 4.12. The van der Waals surface area contributed by atoms with Crippen molar-refractivity contribution in [3.05, 3.63) is 29.8 Å². The zero-order chi connectivity index (χ0) is 19.5. The van der Waals surface area contributed by atoms with Crippen LogP contribution in [-0.2, 0) is 16.1 Å². The van der Waals surface area contributed by atoms with Crippen molar-refractivity contribution in [2.75, 3.05) is 26.2 Å². The summed E-state index contributed by atoms with van der Waals surface area (Å²) in [5, 5.41) is 12.4. The van der Waals surface area contributed by atoms with E-state index in [1.807, 2.05) is 12.1 Å². The molecule has 28 heavy (non-hydrogen) atoms. The van der Waals surface area contributed by atoms with Gasteiger partial charge in [-0.2, -0.15) is 0 Å². The number of rotatable bonds is 5. The van der Waals surface area contributed by atoms with Gasteiger partial charge in [-0.15, -0.1) is 0 Å². The number of amides is 2. The number of piperidine rings is 2. The van der Waals surface area contributed by atoms with E-state index in [9.17, 15) is 14.7 Å². The van der Waals surface area contributed by atoms with Crippen LogP contribution in [0.25, 0.3) is 0 Å². The summed E-state index contributed by atoms with van der Waals surface area (Å²) in [6, 6.07) is 7.45. The third-order valence-electron chi connectivity index (χ3n) is 6.45. The molecule has 3 aliphatic rings. The van der Waals surface area contributed by atoms with Gasteiger partial charge in [-0.1, -0.05) is 12.1 Å². The molecule has 4 rings (SSSR count). The number of hydrogen-bond donors (Lipinski definition) is 2. The van der Waals surface area contributed by atoms with E-state index in [0.717, 1.165) is 70.3 Å². The normalized spacial score (nSPS) is 24.1. The molecule has 1 atom stereocenters. The number of carbonyl (C=O) groups excluding carboxylic acids is 2. The van der Waals surface area contributed by atoms with Crippen LogP contribution in [-0.4, -0.2) is 58.9 Å². The first kappa shape index (κ1) is 19.2. The number of aromatic hydroxyl groups is 1. The second-order valence-corrected chi connectivity index (χ2v) is 8.55. The van der Waals surface area contributed by atoms with Crippen LogP contribution in [0.4, 0.5) is 0 Å². The second kappa shape index (κ2) is 8.52. The Kier molecular flexibility index (Phi) is 5.85. The number of carbonyl (C=O) groups is 2. The van der Waals surface area contributed by atoms with Gasteiger partial charge in [0.15, 0.2) is 0 Å². The Morgan fingerprint density at radius 2 is 1.68 bits per heavy atom. The van der Waals surface area contributed by atoms with Crippen molar-refractivity contribution in [2.24, 2.45) is 11.8 Å². The Balaban J connectivity index is 1.24. The molecule has 0 unspecified atom stereocenters. The third-order valence-corrected chi connectivity index (χ3v) is 6.45. The van der Waals surface area contributed by atoms with Crippen LogP contribution in [0.3, 0.4) is 0 Å². The van der Waals surface area contributed by atoms with Crippen molar-refractivity contribution >= 4 is 11.8 Å². The molecule has 2 aliphatic heterocycles. The van der Waals surface area contributed by atoms with Gasteiger partial charge in [0.05, 0.1) is 5.92 Å². The van der Waals surface area contributed by atoms with Crippen LogP contribution >= 0.6 is 0 Å². The summed E-state index contributed by atoms with van der Waals surface area (Å²) >= 11 is 0. The molecule has 0 bridgehead atoms. The molecule has 6 nitrogen and oxygen atoms in total. The molecule has 2 saturated heterocycles. The average molecular weight is 386 g/mol. The lowest BCUT2D eigenvalue weighted by Crippen LogP contribution is -2.51. The van der Waals surface area contributed by atoms with Crippen LogP contribution in [0.2, 0.25) is 0 Å². The highest BCUT2D eigenvalue weighted by molar-refractivity contribution is 5.81. The van der Waals surface area contributed by atoms with Gasteiger partial charge in [0.25, 0.3) is 0 Å². The first-order chi connectivity index (χ1) is 13.6. The maximum Gasteiger partial charge on any atom is 0.225 e. The van der Waals surface area contributed by atoms with Crippen molar-refractivity contribution < 1.29 is 14.7 Å². The molecule has 0 spiro atoms. The number of nitrogens with zero attached hydrogens (tertiary/aromatic N) is 2. The summed E-state index contributed by atoms with van der Waals surface area (Å²) in [4.78, 5) is 29.4. The molecule has 1 saturated carbocycles. The summed E-state index contributed by atoms with van der Waals surface area (Å²) in [6.07, 6.45) is 6.20. The van der Waals surface area contributed by atoms with Gasteiger partial charge in [-0.05, 0) is 62.8 Å². The molecule has 3 fully saturated rings. The van der Waals surface area contributed by atoms with E-state index in [1.165, 1.54) is 0 Å².